The van der Waals surface area contributed by atoms with E-state index in [1.165, 1.54) is 5.56 Å². The summed E-state index contributed by atoms with van der Waals surface area (Å²) in [5.74, 6) is -0.387. The normalized spacial score (nSPS) is 13.6. The molecular weight excluding hydrogens is 426 g/mol. The number of rotatable bonds is 9. The van der Waals surface area contributed by atoms with E-state index in [-0.39, 0.29) is 29.4 Å². The zero-order valence-electron chi connectivity index (χ0n) is 16.8. The number of anilines is 1. The van der Waals surface area contributed by atoms with Gasteiger partial charge in [0.2, 0.25) is 5.91 Å². The fourth-order valence-electron chi connectivity index (χ4n) is 3.28. The monoisotopic (exact) mass is 451 g/mol. The van der Waals surface area contributed by atoms with Crippen molar-refractivity contribution < 1.29 is 26.4 Å². The number of amides is 1. The number of benzene rings is 2. The number of carbonyl (C=O) groups is 1. The number of hydrogen-bond acceptors (Lipinski definition) is 6. The van der Waals surface area contributed by atoms with E-state index < -0.39 is 25.6 Å². The van der Waals surface area contributed by atoms with Crippen molar-refractivity contribution in [3.63, 3.8) is 0 Å². The third kappa shape index (κ3) is 6.30. The highest BCUT2D eigenvalue weighted by molar-refractivity contribution is 7.91. The number of nitrogens with one attached hydrogen (secondary N) is 1. The van der Waals surface area contributed by atoms with Crippen LogP contribution in [0.15, 0.2) is 47.4 Å². The van der Waals surface area contributed by atoms with Crippen LogP contribution in [-0.2, 0) is 37.3 Å². The Morgan fingerprint density at radius 1 is 1.00 bits per heavy atom. The molecule has 0 fully saturated rings. The molecule has 7 nitrogen and oxygen atoms in total. The molecule has 0 saturated carbocycles. The second-order valence-corrected chi connectivity index (χ2v) is 11.8. The summed E-state index contributed by atoms with van der Waals surface area (Å²) in [6, 6.07) is 11.7. The lowest BCUT2D eigenvalue weighted by atomic mass is 10.1. The minimum atomic E-state index is -3.55. The van der Waals surface area contributed by atoms with Crippen LogP contribution in [0, 0.1) is 0 Å². The number of fused-ring (bicyclic) bond motifs is 1. The zero-order chi connectivity index (χ0) is 21.8. The van der Waals surface area contributed by atoms with Gasteiger partial charge in [0.05, 0.1) is 16.4 Å². The SMILES string of the molecule is CS(=O)(=O)CCOc1cccc(NC(=O)CCS(=O)(=O)c2ccc3c(c2)CCC3)c1. The molecule has 1 aliphatic rings. The molecule has 1 N–H and O–H groups in total. The number of aryl methyl sites for hydroxylation is 2. The van der Waals surface area contributed by atoms with Gasteiger partial charge in [0, 0.05) is 24.4 Å². The summed E-state index contributed by atoms with van der Waals surface area (Å²) >= 11 is 0. The average molecular weight is 452 g/mol. The van der Waals surface area contributed by atoms with E-state index >= 15 is 0 Å². The fourth-order valence-corrected chi connectivity index (χ4v) is 4.96. The first-order chi connectivity index (χ1) is 14.1. The van der Waals surface area contributed by atoms with Gasteiger partial charge in [-0.05, 0) is 54.7 Å². The quantitative estimate of drug-likeness (QED) is 0.627. The van der Waals surface area contributed by atoms with Gasteiger partial charge >= 0.3 is 0 Å². The van der Waals surface area contributed by atoms with E-state index in [0.29, 0.717) is 11.4 Å². The molecule has 0 aliphatic heterocycles. The topological polar surface area (TPSA) is 107 Å². The summed E-state index contributed by atoms with van der Waals surface area (Å²) in [4.78, 5) is 12.5. The van der Waals surface area contributed by atoms with Crippen LogP contribution in [0.1, 0.15) is 24.0 Å². The molecule has 1 amide bonds. The van der Waals surface area contributed by atoms with Crippen LogP contribution in [0.25, 0.3) is 0 Å². The number of ether oxygens (including phenoxy) is 1. The summed E-state index contributed by atoms with van der Waals surface area (Å²) in [6.45, 7) is 0.00918. The number of carbonyl (C=O) groups excluding carboxylic acids is 1. The molecule has 2 aromatic rings. The van der Waals surface area contributed by atoms with Crippen molar-refractivity contribution in [2.75, 3.05) is 29.7 Å². The van der Waals surface area contributed by atoms with E-state index in [9.17, 15) is 21.6 Å². The van der Waals surface area contributed by atoms with Gasteiger partial charge in [-0.1, -0.05) is 12.1 Å². The van der Waals surface area contributed by atoms with Crippen molar-refractivity contribution in [3.05, 3.63) is 53.6 Å². The summed E-state index contributed by atoms with van der Waals surface area (Å²) < 4.78 is 52.9. The minimum Gasteiger partial charge on any atom is -0.492 e. The van der Waals surface area contributed by atoms with Gasteiger partial charge in [0.15, 0.2) is 19.7 Å². The molecule has 0 radical (unpaired) electrons. The maximum absolute atomic E-state index is 12.6. The zero-order valence-corrected chi connectivity index (χ0v) is 18.4. The summed E-state index contributed by atoms with van der Waals surface area (Å²) in [5.41, 5.74) is 2.73. The second-order valence-electron chi connectivity index (χ2n) is 7.41. The van der Waals surface area contributed by atoms with Gasteiger partial charge in [-0.3, -0.25) is 4.79 Å². The molecule has 162 valence electrons. The fraction of sp³-hybridized carbons (Fsp3) is 0.381. The van der Waals surface area contributed by atoms with Gasteiger partial charge in [0.25, 0.3) is 0 Å². The maximum atomic E-state index is 12.6. The lowest BCUT2D eigenvalue weighted by molar-refractivity contribution is -0.115. The van der Waals surface area contributed by atoms with Gasteiger partial charge in [-0.25, -0.2) is 16.8 Å². The van der Waals surface area contributed by atoms with Crippen molar-refractivity contribution in [2.45, 2.75) is 30.6 Å². The van der Waals surface area contributed by atoms with Gasteiger partial charge in [-0.2, -0.15) is 0 Å². The predicted molar refractivity (Wildman–Crippen MR) is 115 cm³/mol. The lowest BCUT2D eigenvalue weighted by Crippen LogP contribution is -2.17. The van der Waals surface area contributed by atoms with Crippen LogP contribution in [0.2, 0.25) is 0 Å². The Hall–Kier alpha value is -2.39. The number of sulfone groups is 2. The predicted octanol–water partition coefficient (Wildman–Crippen LogP) is 2.40. The third-order valence-electron chi connectivity index (χ3n) is 4.87. The first-order valence-electron chi connectivity index (χ1n) is 9.67. The van der Waals surface area contributed by atoms with E-state index in [0.717, 1.165) is 31.1 Å². The Labute approximate surface area is 177 Å². The molecule has 0 saturated heterocycles. The Morgan fingerprint density at radius 3 is 2.53 bits per heavy atom. The molecule has 0 bridgehead atoms. The smallest absolute Gasteiger partial charge is 0.225 e. The standard InChI is InChI=1S/C21H25NO6S2/c1-29(24,25)13-11-28-19-7-3-6-18(15-19)22-21(23)10-12-30(26,27)20-9-8-16-4-2-5-17(16)14-20/h3,6-9,14-15H,2,4-5,10-13H2,1H3,(H,22,23). The summed E-state index contributed by atoms with van der Waals surface area (Å²) in [5, 5.41) is 2.65. The highest BCUT2D eigenvalue weighted by atomic mass is 32.2. The maximum Gasteiger partial charge on any atom is 0.225 e. The molecule has 1 aliphatic carbocycles. The lowest BCUT2D eigenvalue weighted by Gasteiger charge is -2.10. The molecule has 0 aromatic heterocycles. The van der Waals surface area contributed by atoms with Crippen LogP contribution in [0.5, 0.6) is 5.75 Å². The molecule has 9 heteroatoms. The Bertz CT molecular complexity index is 1140. The first-order valence-corrected chi connectivity index (χ1v) is 13.4. The Balaban J connectivity index is 1.55. The van der Waals surface area contributed by atoms with Crippen LogP contribution in [0.3, 0.4) is 0 Å². The van der Waals surface area contributed by atoms with Crippen LogP contribution >= 0.6 is 0 Å². The molecule has 0 spiro atoms. The molecule has 0 heterocycles. The molecule has 2 aromatic carbocycles. The summed E-state index contributed by atoms with van der Waals surface area (Å²) in [7, 11) is -6.67. The molecule has 3 rings (SSSR count). The van der Waals surface area contributed by atoms with E-state index in [1.54, 1.807) is 36.4 Å². The van der Waals surface area contributed by atoms with E-state index in [4.69, 9.17) is 4.74 Å². The van der Waals surface area contributed by atoms with Crippen molar-refractivity contribution in [1.82, 2.24) is 0 Å². The second kappa shape index (κ2) is 9.18. The van der Waals surface area contributed by atoms with Gasteiger partial charge < -0.3 is 10.1 Å². The van der Waals surface area contributed by atoms with Gasteiger partial charge in [-0.15, -0.1) is 0 Å². The van der Waals surface area contributed by atoms with Crippen molar-refractivity contribution >= 4 is 31.3 Å². The highest BCUT2D eigenvalue weighted by Gasteiger charge is 2.20. The highest BCUT2D eigenvalue weighted by Crippen LogP contribution is 2.25. The Morgan fingerprint density at radius 2 is 1.77 bits per heavy atom. The molecule has 0 atom stereocenters. The molecule has 30 heavy (non-hydrogen) atoms. The molecule has 0 unspecified atom stereocenters. The largest absolute Gasteiger partial charge is 0.492 e. The van der Waals surface area contributed by atoms with Crippen LogP contribution in [0.4, 0.5) is 5.69 Å². The van der Waals surface area contributed by atoms with Crippen molar-refractivity contribution in [3.8, 4) is 5.75 Å². The average Bonchev–Trinajstić information content (AvgIpc) is 3.14. The van der Waals surface area contributed by atoms with E-state index in [2.05, 4.69) is 5.32 Å². The van der Waals surface area contributed by atoms with Crippen LogP contribution < -0.4 is 10.1 Å². The van der Waals surface area contributed by atoms with E-state index in [1.807, 2.05) is 6.07 Å². The number of hydrogen-bond donors (Lipinski definition) is 1. The molecular formula is C21H25NO6S2. The van der Waals surface area contributed by atoms with Crippen LogP contribution in [-0.4, -0.2) is 47.1 Å². The minimum absolute atomic E-state index is 0.00918. The van der Waals surface area contributed by atoms with Crippen molar-refractivity contribution in [1.29, 1.82) is 0 Å². The third-order valence-corrected chi connectivity index (χ3v) is 7.49. The Kier molecular flexibility index (Phi) is 6.82. The van der Waals surface area contributed by atoms with Gasteiger partial charge in [0.1, 0.15) is 12.4 Å². The summed E-state index contributed by atoms with van der Waals surface area (Å²) in [6.07, 6.45) is 3.87. The van der Waals surface area contributed by atoms with Crippen molar-refractivity contribution in [2.24, 2.45) is 0 Å². The first kappa shape index (κ1) is 22.3.